The Kier molecular flexibility index (Phi) is 4.99. The van der Waals surface area contributed by atoms with E-state index >= 15 is 0 Å². The molecule has 1 aliphatic heterocycles. The minimum Gasteiger partial charge on any atom is -0.370 e. The Bertz CT molecular complexity index is 422. The van der Waals surface area contributed by atoms with E-state index in [0.717, 1.165) is 24.7 Å². The van der Waals surface area contributed by atoms with Crippen molar-refractivity contribution in [1.29, 1.82) is 0 Å². The molecule has 0 saturated carbocycles. The molecule has 1 aromatic rings. The third kappa shape index (κ3) is 4.05. The van der Waals surface area contributed by atoms with Crippen LogP contribution < -0.4 is 5.32 Å². The van der Waals surface area contributed by atoms with E-state index in [9.17, 15) is 0 Å². The molecular formula is C14H23ClN4. The zero-order chi connectivity index (χ0) is 13.8. The van der Waals surface area contributed by atoms with Crippen LogP contribution in [0.25, 0.3) is 0 Å². The average Bonchev–Trinajstić information content (AvgIpc) is 2.83. The lowest BCUT2D eigenvalue weighted by Gasteiger charge is -2.15. The lowest BCUT2D eigenvalue weighted by molar-refractivity contribution is 0.345. The highest BCUT2D eigenvalue weighted by molar-refractivity contribution is 6.29. The Morgan fingerprint density at radius 2 is 2.26 bits per heavy atom. The van der Waals surface area contributed by atoms with E-state index < -0.39 is 0 Å². The van der Waals surface area contributed by atoms with Crippen LogP contribution >= 0.6 is 11.6 Å². The number of hydrogen-bond donors (Lipinski definition) is 1. The van der Waals surface area contributed by atoms with E-state index in [2.05, 4.69) is 41.0 Å². The Balaban J connectivity index is 1.92. The van der Waals surface area contributed by atoms with Crippen molar-refractivity contribution in [2.24, 2.45) is 5.92 Å². The van der Waals surface area contributed by atoms with Gasteiger partial charge in [-0.2, -0.15) is 0 Å². The maximum atomic E-state index is 6.04. The molecule has 19 heavy (non-hydrogen) atoms. The number of hydrogen-bond acceptors (Lipinski definition) is 4. The Hall–Kier alpha value is -0.870. The first kappa shape index (κ1) is 14.5. The molecule has 1 fully saturated rings. The van der Waals surface area contributed by atoms with Crippen molar-refractivity contribution >= 4 is 17.4 Å². The highest BCUT2D eigenvalue weighted by atomic mass is 35.5. The van der Waals surface area contributed by atoms with Gasteiger partial charge in [-0.15, -0.1) is 0 Å². The third-order valence-electron chi connectivity index (χ3n) is 3.62. The number of aromatic nitrogens is 2. The van der Waals surface area contributed by atoms with Crippen LogP contribution in [-0.4, -0.2) is 41.0 Å². The minimum atomic E-state index is 0.293. The van der Waals surface area contributed by atoms with Gasteiger partial charge in [-0.05, 0) is 25.4 Å². The van der Waals surface area contributed by atoms with Crippen LogP contribution in [-0.2, 0) is 0 Å². The van der Waals surface area contributed by atoms with Gasteiger partial charge in [-0.1, -0.05) is 32.4 Å². The first-order chi connectivity index (χ1) is 9.08. The molecular weight excluding hydrogens is 260 g/mol. The number of halogens is 1. The highest BCUT2D eigenvalue weighted by Gasteiger charge is 2.20. The topological polar surface area (TPSA) is 41.0 Å². The van der Waals surface area contributed by atoms with Crippen LogP contribution in [0.5, 0.6) is 0 Å². The van der Waals surface area contributed by atoms with E-state index in [-0.39, 0.29) is 0 Å². The number of rotatable bonds is 5. The fourth-order valence-electron chi connectivity index (χ4n) is 2.40. The summed E-state index contributed by atoms with van der Waals surface area (Å²) in [5.41, 5.74) is 0. The molecule has 0 amide bonds. The van der Waals surface area contributed by atoms with Gasteiger partial charge in [0, 0.05) is 25.1 Å². The molecule has 5 heteroatoms. The molecule has 2 heterocycles. The van der Waals surface area contributed by atoms with Crippen molar-refractivity contribution in [3.05, 3.63) is 17.0 Å². The number of nitrogens with one attached hydrogen (secondary N) is 1. The molecule has 0 aliphatic carbocycles. The SMILES string of the molecule is CCN1CCC(CNc2cc(Cl)nc(C(C)C)n2)C1. The van der Waals surface area contributed by atoms with E-state index in [4.69, 9.17) is 11.6 Å². The molecule has 0 aromatic carbocycles. The molecule has 1 unspecified atom stereocenters. The van der Waals surface area contributed by atoms with Crippen LogP contribution in [0.4, 0.5) is 5.82 Å². The minimum absolute atomic E-state index is 0.293. The van der Waals surface area contributed by atoms with Crippen molar-refractivity contribution < 1.29 is 0 Å². The van der Waals surface area contributed by atoms with E-state index in [0.29, 0.717) is 17.0 Å². The van der Waals surface area contributed by atoms with Crippen LogP contribution in [0.1, 0.15) is 38.9 Å². The fourth-order valence-corrected chi connectivity index (χ4v) is 2.59. The molecule has 1 atom stereocenters. The zero-order valence-electron chi connectivity index (χ0n) is 12.0. The zero-order valence-corrected chi connectivity index (χ0v) is 12.7. The molecule has 4 nitrogen and oxygen atoms in total. The second-order valence-electron chi connectivity index (χ2n) is 5.52. The summed E-state index contributed by atoms with van der Waals surface area (Å²) in [7, 11) is 0. The summed E-state index contributed by atoms with van der Waals surface area (Å²) in [6, 6.07) is 1.81. The maximum absolute atomic E-state index is 6.04. The van der Waals surface area contributed by atoms with Gasteiger partial charge < -0.3 is 10.2 Å². The van der Waals surface area contributed by atoms with E-state index in [1.807, 2.05) is 0 Å². The summed E-state index contributed by atoms with van der Waals surface area (Å²) in [4.78, 5) is 11.2. The molecule has 1 N–H and O–H groups in total. The summed E-state index contributed by atoms with van der Waals surface area (Å²) in [6.07, 6.45) is 1.26. The standard InChI is InChI=1S/C14H23ClN4/c1-4-19-6-5-11(9-19)8-16-13-7-12(15)17-14(18-13)10(2)3/h7,10-11H,4-6,8-9H2,1-3H3,(H,16,17,18). The van der Waals surface area contributed by atoms with Gasteiger partial charge in [-0.25, -0.2) is 9.97 Å². The second kappa shape index (κ2) is 6.53. The van der Waals surface area contributed by atoms with Gasteiger partial charge in [-0.3, -0.25) is 0 Å². The van der Waals surface area contributed by atoms with Crippen LogP contribution in [0.2, 0.25) is 5.15 Å². The van der Waals surface area contributed by atoms with Crippen LogP contribution in [0.3, 0.4) is 0 Å². The van der Waals surface area contributed by atoms with Crippen LogP contribution in [0, 0.1) is 5.92 Å². The smallest absolute Gasteiger partial charge is 0.135 e. The third-order valence-corrected chi connectivity index (χ3v) is 3.81. The monoisotopic (exact) mass is 282 g/mol. The summed E-state index contributed by atoms with van der Waals surface area (Å²) < 4.78 is 0. The molecule has 0 spiro atoms. The normalized spacial score (nSPS) is 20.2. The van der Waals surface area contributed by atoms with Gasteiger partial charge in [0.15, 0.2) is 0 Å². The summed E-state index contributed by atoms with van der Waals surface area (Å²) in [5.74, 6) is 2.65. The summed E-state index contributed by atoms with van der Waals surface area (Å²) in [6.45, 7) is 10.9. The van der Waals surface area contributed by atoms with Gasteiger partial charge >= 0.3 is 0 Å². The number of likely N-dealkylation sites (tertiary alicyclic amines) is 1. The first-order valence-electron chi connectivity index (χ1n) is 7.09. The predicted octanol–water partition coefficient (Wildman–Crippen LogP) is 3.01. The van der Waals surface area contributed by atoms with E-state index in [1.54, 1.807) is 6.07 Å². The largest absolute Gasteiger partial charge is 0.370 e. The average molecular weight is 283 g/mol. The molecule has 2 rings (SSSR count). The molecule has 106 valence electrons. The van der Waals surface area contributed by atoms with Gasteiger partial charge in [0.1, 0.15) is 16.8 Å². The highest BCUT2D eigenvalue weighted by Crippen LogP contribution is 2.19. The quantitative estimate of drug-likeness (QED) is 0.843. The summed E-state index contributed by atoms with van der Waals surface area (Å²) in [5, 5.41) is 3.92. The molecule has 1 saturated heterocycles. The fraction of sp³-hybridized carbons (Fsp3) is 0.714. The van der Waals surface area contributed by atoms with Crippen LogP contribution in [0.15, 0.2) is 6.07 Å². The van der Waals surface area contributed by atoms with Crippen molar-refractivity contribution in [2.75, 3.05) is 31.5 Å². The van der Waals surface area contributed by atoms with Crippen molar-refractivity contribution in [3.63, 3.8) is 0 Å². The Morgan fingerprint density at radius 1 is 1.47 bits per heavy atom. The molecule has 0 bridgehead atoms. The van der Waals surface area contributed by atoms with Gasteiger partial charge in [0.25, 0.3) is 0 Å². The summed E-state index contributed by atoms with van der Waals surface area (Å²) >= 11 is 6.04. The Labute approximate surface area is 120 Å². The van der Waals surface area contributed by atoms with Gasteiger partial charge in [0.2, 0.25) is 0 Å². The molecule has 1 aromatic heterocycles. The van der Waals surface area contributed by atoms with E-state index in [1.165, 1.54) is 19.5 Å². The van der Waals surface area contributed by atoms with Gasteiger partial charge in [0.05, 0.1) is 0 Å². The van der Waals surface area contributed by atoms with Crippen molar-refractivity contribution in [3.8, 4) is 0 Å². The first-order valence-corrected chi connectivity index (χ1v) is 7.47. The Morgan fingerprint density at radius 3 is 2.89 bits per heavy atom. The predicted molar refractivity (Wildman–Crippen MR) is 79.8 cm³/mol. The number of nitrogens with zero attached hydrogens (tertiary/aromatic N) is 3. The lowest BCUT2D eigenvalue weighted by atomic mass is 10.1. The molecule has 0 radical (unpaired) electrons. The van der Waals surface area contributed by atoms with Crippen molar-refractivity contribution in [1.82, 2.24) is 14.9 Å². The number of anilines is 1. The lowest BCUT2D eigenvalue weighted by Crippen LogP contribution is -2.22. The maximum Gasteiger partial charge on any atom is 0.135 e. The molecule has 1 aliphatic rings. The van der Waals surface area contributed by atoms with Crippen molar-refractivity contribution in [2.45, 2.75) is 33.1 Å². The second-order valence-corrected chi connectivity index (χ2v) is 5.90.